The summed E-state index contributed by atoms with van der Waals surface area (Å²) >= 11 is 0. The lowest BCUT2D eigenvalue weighted by Gasteiger charge is -2.18. The zero-order valence-corrected chi connectivity index (χ0v) is 12.1. The van der Waals surface area contributed by atoms with Gasteiger partial charge in [-0.25, -0.2) is 4.79 Å². The Morgan fingerprint density at radius 1 is 1.37 bits per heavy atom. The van der Waals surface area contributed by atoms with Crippen LogP contribution in [0.15, 0.2) is 16.3 Å². The fourth-order valence-electron chi connectivity index (χ4n) is 2.54. The smallest absolute Gasteiger partial charge is 0.352 e. The number of carbonyl (C=O) groups is 1. The summed E-state index contributed by atoms with van der Waals surface area (Å²) in [6.07, 6.45) is 7.21. The average molecular weight is 266 g/mol. The van der Waals surface area contributed by atoms with Crippen molar-refractivity contribution in [3.63, 3.8) is 0 Å². The molecule has 0 aromatic rings. The van der Waals surface area contributed by atoms with Gasteiger partial charge in [0.1, 0.15) is 5.70 Å². The largest absolute Gasteiger partial charge is 0.477 e. The van der Waals surface area contributed by atoms with Crippen molar-refractivity contribution in [2.24, 2.45) is 16.6 Å². The minimum atomic E-state index is -1.02. The van der Waals surface area contributed by atoms with E-state index in [-0.39, 0.29) is 5.70 Å². The van der Waals surface area contributed by atoms with Gasteiger partial charge in [-0.1, -0.05) is 26.7 Å². The summed E-state index contributed by atoms with van der Waals surface area (Å²) in [5.41, 5.74) is 7.34. The first-order chi connectivity index (χ1) is 9.06. The van der Waals surface area contributed by atoms with Gasteiger partial charge in [0.25, 0.3) is 0 Å². The number of hydrogen-bond acceptors (Lipinski definition) is 3. The molecule has 19 heavy (non-hydrogen) atoms. The predicted molar refractivity (Wildman–Crippen MR) is 78.3 cm³/mol. The summed E-state index contributed by atoms with van der Waals surface area (Å²) in [6, 6.07) is 0. The molecule has 3 N–H and O–H groups in total. The minimum Gasteiger partial charge on any atom is -0.477 e. The van der Waals surface area contributed by atoms with E-state index in [1.54, 1.807) is 0 Å². The second kappa shape index (κ2) is 7.97. The maximum atomic E-state index is 11.0. The number of hydrogen-bond donors (Lipinski definition) is 2. The molecule has 0 spiro atoms. The van der Waals surface area contributed by atoms with Crippen molar-refractivity contribution in [3.8, 4) is 0 Å². The first kappa shape index (κ1) is 15.7. The molecule has 0 heterocycles. The van der Waals surface area contributed by atoms with Crippen molar-refractivity contribution in [1.29, 1.82) is 0 Å². The molecule has 0 aromatic heterocycles. The van der Waals surface area contributed by atoms with E-state index in [4.69, 9.17) is 10.8 Å². The lowest BCUT2D eigenvalue weighted by molar-refractivity contribution is -0.132. The van der Waals surface area contributed by atoms with Crippen LogP contribution in [0.3, 0.4) is 0 Å². The molecule has 4 nitrogen and oxygen atoms in total. The molecule has 1 aliphatic carbocycles. The van der Waals surface area contributed by atoms with Crippen LogP contribution in [0, 0.1) is 5.92 Å². The second-order valence-corrected chi connectivity index (χ2v) is 5.42. The average Bonchev–Trinajstić information content (AvgIpc) is 2.38. The monoisotopic (exact) mass is 266 g/mol. The van der Waals surface area contributed by atoms with E-state index in [0.29, 0.717) is 5.92 Å². The van der Waals surface area contributed by atoms with Gasteiger partial charge in [0.05, 0.1) is 0 Å². The molecule has 0 aliphatic heterocycles. The van der Waals surface area contributed by atoms with Crippen LogP contribution in [0.4, 0.5) is 0 Å². The quantitative estimate of drug-likeness (QED) is 0.725. The SMILES string of the molecule is CCCC(C)CCN=C1CCCC/C1=C(/N)C(=O)O. The fraction of sp³-hybridized carbons (Fsp3) is 0.733. The molecule has 108 valence electrons. The van der Waals surface area contributed by atoms with Gasteiger partial charge in [-0.05, 0) is 38.0 Å². The maximum absolute atomic E-state index is 11.0. The molecule has 1 saturated carbocycles. The molecule has 0 saturated heterocycles. The summed E-state index contributed by atoms with van der Waals surface area (Å²) < 4.78 is 0. The Hall–Kier alpha value is -1.32. The van der Waals surface area contributed by atoms with Crippen molar-refractivity contribution >= 4 is 11.7 Å². The Balaban J connectivity index is 2.67. The van der Waals surface area contributed by atoms with Crippen LogP contribution < -0.4 is 5.73 Å². The highest BCUT2D eigenvalue weighted by molar-refractivity contribution is 6.06. The molecule has 0 aromatic carbocycles. The van der Waals surface area contributed by atoms with Crippen molar-refractivity contribution in [2.45, 2.75) is 58.8 Å². The highest BCUT2D eigenvalue weighted by atomic mass is 16.4. The van der Waals surface area contributed by atoms with Gasteiger partial charge in [0.15, 0.2) is 0 Å². The molecule has 1 unspecified atom stereocenters. The van der Waals surface area contributed by atoms with Crippen molar-refractivity contribution in [3.05, 3.63) is 11.3 Å². The van der Waals surface area contributed by atoms with Gasteiger partial charge in [-0.15, -0.1) is 0 Å². The Bertz CT molecular complexity index is 372. The number of nitrogens with zero attached hydrogens (tertiary/aromatic N) is 1. The molecule has 1 aliphatic rings. The Morgan fingerprint density at radius 3 is 2.68 bits per heavy atom. The van der Waals surface area contributed by atoms with E-state index in [1.807, 2.05) is 0 Å². The summed E-state index contributed by atoms with van der Waals surface area (Å²) in [6.45, 7) is 5.22. The highest BCUT2D eigenvalue weighted by Gasteiger charge is 2.19. The van der Waals surface area contributed by atoms with E-state index < -0.39 is 5.97 Å². The van der Waals surface area contributed by atoms with Crippen LogP contribution in [-0.2, 0) is 4.79 Å². The third-order valence-corrected chi connectivity index (χ3v) is 3.70. The van der Waals surface area contributed by atoms with E-state index in [0.717, 1.165) is 49.9 Å². The van der Waals surface area contributed by atoms with Gasteiger partial charge in [0.2, 0.25) is 0 Å². The van der Waals surface area contributed by atoms with Gasteiger partial charge >= 0.3 is 5.97 Å². The number of aliphatic imine (C=N–C) groups is 1. The third kappa shape index (κ3) is 5.05. The van der Waals surface area contributed by atoms with Crippen LogP contribution in [0.1, 0.15) is 58.8 Å². The molecule has 0 radical (unpaired) electrons. The van der Waals surface area contributed by atoms with Crippen molar-refractivity contribution in [2.75, 3.05) is 6.54 Å². The van der Waals surface area contributed by atoms with Gasteiger partial charge in [-0.2, -0.15) is 0 Å². The van der Waals surface area contributed by atoms with Crippen LogP contribution in [0.25, 0.3) is 0 Å². The molecule has 1 atom stereocenters. The Kier molecular flexibility index (Phi) is 6.60. The minimum absolute atomic E-state index is 0.0138. The maximum Gasteiger partial charge on any atom is 0.352 e. The van der Waals surface area contributed by atoms with E-state index in [2.05, 4.69) is 18.8 Å². The number of nitrogens with two attached hydrogens (primary N) is 1. The molecule has 4 heteroatoms. The molecule has 1 rings (SSSR count). The summed E-state index contributed by atoms with van der Waals surface area (Å²) in [4.78, 5) is 15.6. The number of carboxylic acid groups (broad SMARTS) is 1. The second-order valence-electron chi connectivity index (χ2n) is 5.42. The summed E-state index contributed by atoms with van der Waals surface area (Å²) in [5.74, 6) is -0.342. The number of allylic oxidation sites excluding steroid dienone is 1. The first-order valence-electron chi connectivity index (χ1n) is 7.31. The van der Waals surface area contributed by atoms with Crippen molar-refractivity contribution < 1.29 is 9.90 Å². The lowest BCUT2D eigenvalue weighted by atomic mass is 9.91. The lowest BCUT2D eigenvalue weighted by Crippen LogP contribution is -2.21. The van der Waals surface area contributed by atoms with Crippen LogP contribution in [0.5, 0.6) is 0 Å². The van der Waals surface area contributed by atoms with Gasteiger partial charge in [0, 0.05) is 17.8 Å². The first-order valence-corrected chi connectivity index (χ1v) is 7.31. The number of rotatable bonds is 6. The van der Waals surface area contributed by atoms with E-state index in [1.165, 1.54) is 12.8 Å². The normalized spacial score (nSPS) is 22.3. The van der Waals surface area contributed by atoms with Crippen LogP contribution in [-0.4, -0.2) is 23.3 Å². The van der Waals surface area contributed by atoms with Crippen molar-refractivity contribution in [1.82, 2.24) is 0 Å². The zero-order chi connectivity index (χ0) is 14.3. The standard InChI is InChI=1S/C15H26N2O2/c1-3-6-11(2)9-10-17-13-8-5-4-7-12(13)14(16)15(18)19/h11H,3-10,16H2,1-2H3,(H,18,19)/b14-12-,17-13?. The molecular formula is C15H26N2O2. The zero-order valence-electron chi connectivity index (χ0n) is 12.1. The third-order valence-electron chi connectivity index (χ3n) is 3.70. The van der Waals surface area contributed by atoms with Gasteiger partial charge in [-0.3, -0.25) is 4.99 Å². The summed E-state index contributed by atoms with van der Waals surface area (Å²) in [7, 11) is 0. The van der Waals surface area contributed by atoms with E-state index >= 15 is 0 Å². The highest BCUT2D eigenvalue weighted by Crippen LogP contribution is 2.23. The number of aliphatic carboxylic acids is 1. The molecule has 0 amide bonds. The fourth-order valence-corrected chi connectivity index (χ4v) is 2.54. The predicted octanol–water partition coefficient (Wildman–Crippen LogP) is 3.13. The molecule has 1 fully saturated rings. The van der Waals surface area contributed by atoms with Crippen LogP contribution >= 0.6 is 0 Å². The Morgan fingerprint density at radius 2 is 2.05 bits per heavy atom. The topological polar surface area (TPSA) is 75.7 Å². The number of carboxylic acids is 1. The van der Waals surface area contributed by atoms with Gasteiger partial charge < -0.3 is 10.8 Å². The Labute approximate surface area is 115 Å². The molecular weight excluding hydrogens is 240 g/mol. The van der Waals surface area contributed by atoms with E-state index in [9.17, 15) is 4.79 Å². The van der Waals surface area contributed by atoms with Crippen LogP contribution in [0.2, 0.25) is 0 Å². The molecule has 0 bridgehead atoms. The summed E-state index contributed by atoms with van der Waals surface area (Å²) in [5, 5.41) is 9.00.